The van der Waals surface area contributed by atoms with E-state index in [4.69, 9.17) is 4.74 Å². The van der Waals surface area contributed by atoms with Crippen molar-refractivity contribution >= 4 is 11.6 Å². The molecule has 1 amide bonds. The third kappa shape index (κ3) is 4.16. The number of hydrogen-bond donors (Lipinski definition) is 1. The SMILES string of the molecule is CCCOc1ccccc1NC(=O)Cc1ccc2c(c1)CCCC2. The van der Waals surface area contributed by atoms with Gasteiger partial charge in [-0.2, -0.15) is 0 Å². The number of hydrogen-bond acceptors (Lipinski definition) is 2. The van der Waals surface area contributed by atoms with E-state index in [-0.39, 0.29) is 5.91 Å². The fourth-order valence-corrected chi connectivity index (χ4v) is 3.18. The highest BCUT2D eigenvalue weighted by atomic mass is 16.5. The van der Waals surface area contributed by atoms with Crippen LogP contribution in [0.1, 0.15) is 42.9 Å². The summed E-state index contributed by atoms with van der Waals surface area (Å²) in [7, 11) is 0. The number of nitrogens with one attached hydrogen (secondary N) is 1. The van der Waals surface area contributed by atoms with Crippen molar-refractivity contribution in [2.24, 2.45) is 0 Å². The van der Waals surface area contributed by atoms with Gasteiger partial charge in [0.1, 0.15) is 5.75 Å². The van der Waals surface area contributed by atoms with Crippen LogP contribution in [0.15, 0.2) is 42.5 Å². The predicted octanol–water partition coefficient (Wildman–Crippen LogP) is 4.54. The molecular formula is C21H25NO2. The number of ether oxygens (including phenoxy) is 1. The second-order valence-corrected chi connectivity index (χ2v) is 6.38. The van der Waals surface area contributed by atoms with Crippen molar-refractivity contribution in [3.63, 3.8) is 0 Å². The molecule has 2 aromatic rings. The first-order valence-corrected chi connectivity index (χ1v) is 8.88. The molecule has 0 heterocycles. The molecule has 0 unspecified atom stereocenters. The predicted molar refractivity (Wildman–Crippen MR) is 97.6 cm³/mol. The molecule has 0 bridgehead atoms. The van der Waals surface area contributed by atoms with Gasteiger partial charge >= 0.3 is 0 Å². The molecule has 1 N–H and O–H groups in total. The maximum atomic E-state index is 12.4. The molecule has 0 radical (unpaired) electrons. The number of para-hydroxylation sites is 2. The average Bonchev–Trinajstić information content (AvgIpc) is 2.61. The summed E-state index contributed by atoms with van der Waals surface area (Å²) in [5.74, 6) is 0.733. The fourth-order valence-electron chi connectivity index (χ4n) is 3.18. The number of benzene rings is 2. The molecule has 126 valence electrons. The highest BCUT2D eigenvalue weighted by Gasteiger charge is 2.12. The van der Waals surface area contributed by atoms with Gasteiger partial charge in [-0.05, 0) is 60.9 Å². The molecule has 0 atom stereocenters. The van der Waals surface area contributed by atoms with E-state index in [1.807, 2.05) is 24.3 Å². The largest absolute Gasteiger partial charge is 0.491 e. The molecule has 3 nitrogen and oxygen atoms in total. The maximum absolute atomic E-state index is 12.4. The van der Waals surface area contributed by atoms with Crippen LogP contribution in [0, 0.1) is 0 Å². The molecule has 3 heteroatoms. The van der Waals surface area contributed by atoms with Crippen molar-refractivity contribution in [1.82, 2.24) is 0 Å². The van der Waals surface area contributed by atoms with E-state index in [2.05, 4.69) is 30.4 Å². The third-order valence-corrected chi connectivity index (χ3v) is 4.40. The minimum atomic E-state index is -0.00157. The summed E-state index contributed by atoms with van der Waals surface area (Å²) in [6, 6.07) is 14.1. The molecule has 24 heavy (non-hydrogen) atoms. The Labute approximate surface area is 144 Å². The Hall–Kier alpha value is -2.29. The molecule has 0 aliphatic heterocycles. The molecule has 3 rings (SSSR count). The van der Waals surface area contributed by atoms with Gasteiger partial charge in [0.2, 0.25) is 5.91 Å². The van der Waals surface area contributed by atoms with Crippen LogP contribution in [0.2, 0.25) is 0 Å². The van der Waals surface area contributed by atoms with Crippen LogP contribution in [-0.4, -0.2) is 12.5 Å². The van der Waals surface area contributed by atoms with Crippen molar-refractivity contribution in [3.8, 4) is 5.75 Å². The quantitative estimate of drug-likeness (QED) is 0.848. The molecule has 0 saturated heterocycles. The Morgan fingerprint density at radius 3 is 2.71 bits per heavy atom. The molecule has 0 saturated carbocycles. The van der Waals surface area contributed by atoms with Crippen molar-refractivity contribution in [2.75, 3.05) is 11.9 Å². The molecule has 1 aliphatic rings. The van der Waals surface area contributed by atoms with Crippen LogP contribution in [0.25, 0.3) is 0 Å². The molecule has 0 fully saturated rings. The summed E-state index contributed by atoms with van der Waals surface area (Å²) in [4.78, 5) is 12.4. The molecule has 2 aromatic carbocycles. The molecule has 0 aromatic heterocycles. The summed E-state index contributed by atoms with van der Waals surface area (Å²) in [6.45, 7) is 2.72. The smallest absolute Gasteiger partial charge is 0.228 e. The second-order valence-electron chi connectivity index (χ2n) is 6.38. The third-order valence-electron chi connectivity index (χ3n) is 4.40. The number of carbonyl (C=O) groups excluding carboxylic acids is 1. The van der Waals surface area contributed by atoms with Gasteiger partial charge in [-0.1, -0.05) is 37.3 Å². The Morgan fingerprint density at radius 1 is 1.08 bits per heavy atom. The van der Waals surface area contributed by atoms with Gasteiger partial charge in [0, 0.05) is 0 Å². The number of carbonyl (C=O) groups is 1. The topological polar surface area (TPSA) is 38.3 Å². The van der Waals surface area contributed by atoms with Crippen LogP contribution in [0.4, 0.5) is 5.69 Å². The van der Waals surface area contributed by atoms with Gasteiger partial charge in [0.15, 0.2) is 0 Å². The zero-order chi connectivity index (χ0) is 16.8. The van der Waals surface area contributed by atoms with Gasteiger partial charge in [0.25, 0.3) is 0 Å². The fraction of sp³-hybridized carbons (Fsp3) is 0.381. The van der Waals surface area contributed by atoms with Crippen molar-refractivity contribution in [1.29, 1.82) is 0 Å². The van der Waals surface area contributed by atoms with Crippen LogP contribution >= 0.6 is 0 Å². The summed E-state index contributed by atoms with van der Waals surface area (Å²) >= 11 is 0. The van der Waals surface area contributed by atoms with E-state index in [0.29, 0.717) is 13.0 Å². The standard InChI is InChI=1S/C21H25NO2/c1-2-13-24-20-10-6-5-9-19(20)22-21(23)15-16-11-12-17-7-3-4-8-18(17)14-16/h5-6,9-12,14H,2-4,7-8,13,15H2,1H3,(H,22,23). The van der Waals surface area contributed by atoms with E-state index in [1.54, 1.807) is 0 Å². The first-order valence-electron chi connectivity index (χ1n) is 8.88. The summed E-state index contributed by atoms with van der Waals surface area (Å²) in [5.41, 5.74) is 4.69. The Morgan fingerprint density at radius 2 is 1.88 bits per heavy atom. The summed E-state index contributed by atoms with van der Waals surface area (Å²) < 4.78 is 5.70. The van der Waals surface area contributed by atoms with Gasteiger partial charge in [-0.15, -0.1) is 0 Å². The number of anilines is 1. The van der Waals surface area contributed by atoms with E-state index < -0.39 is 0 Å². The number of fused-ring (bicyclic) bond motifs is 1. The number of aryl methyl sites for hydroxylation is 2. The zero-order valence-corrected chi connectivity index (χ0v) is 14.3. The van der Waals surface area contributed by atoms with Crippen LogP contribution < -0.4 is 10.1 Å². The van der Waals surface area contributed by atoms with E-state index in [9.17, 15) is 4.79 Å². The number of amides is 1. The Bertz CT molecular complexity index is 709. The van der Waals surface area contributed by atoms with Gasteiger partial charge < -0.3 is 10.1 Å². The van der Waals surface area contributed by atoms with E-state index in [1.165, 1.54) is 30.4 Å². The summed E-state index contributed by atoms with van der Waals surface area (Å²) in [6.07, 6.45) is 6.18. The van der Waals surface area contributed by atoms with Gasteiger partial charge in [0.05, 0.1) is 18.7 Å². The number of rotatable bonds is 6. The first-order chi connectivity index (χ1) is 11.8. The van der Waals surface area contributed by atoms with Crippen molar-refractivity contribution in [3.05, 3.63) is 59.2 Å². The van der Waals surface area contributed by atoms with E-state index in [0.717, 1.165) is 29.8 Å². The lowest BCUT2D eigenvalue weighted by molar-refractivity contribution is -0.115. The highest BCUT2D eigenvalue weighted by Crippen LogP contribution is 2.25. The molecule has 1 aliphatic carbocycles. The Kier molecular flexibility index (Phi) is 5.52. The normalized spacial score (nSPS) is 13.2. The van der Waals surface area contributed by atoms with E-state index >= 15 is 0 Å². The second kappa shape index (κ2) is 8.00. The van der Waals surface area contributed by atoms with Crippen LogP contribution in [0.5, 0.6) is 5.75 Å². The minimum absolute atomic E-state index is 0.00157. The first kappa shape index (κ1) is 16.6. The minimum Gasteiger partial charge on any atom is -0.491 e. The van der Waals surface area contributed by atoms with Gasteiger partial charge in [-0.25, -0.2) is 0 Å². The Balaban J connectivity index is 1.66. The molecular weight excluding hydrogens is 298 g/mol. The maximum Gasteiger partial charge on any atom is 0.228 e. The average molecular weight is 323 g/mol. The lowest BCUT2D eigenvalue weighted by Crippen LogP contribution is -2.16. The van der Waals surface area contributed by atoms with Gasteiger partial charge in [-0.3, -0.25) is 4.79 Å². The summed E-state index contributed by atoms with van der Waals surface area (Å²) in [5, 5.41) is 2.98. The lowest BCUT2D eigenvalue weighted by atomic mass is 9.90. The zero-order valence-electron chi connectivity index (χ0n) is 14.3. The van der Waals surface area contributed by atoms with Crippen molar-refractivity contribution < 1.29 is 9.53 Å². The van der Waals surface area contributed by atoms with Crippen LogP contribution in [-0.2, 0) is 24.1 Å². The highest BCUT2D eigenvalue weighted by molar-refractivity contribution is 5.93. The lowest BCUT2D eigenvalue weighted by Gasteiger charge is -2.16. The molecule has 0 spiro atoms. The monoisotopic (exact) mass is 323 g/mol. The van der Waals surface area contributed by atoms with Crippen LogP contribution in [0.3, 0.4) is 0 Å². The van der Waals surface area contributed by atoms with Crippen molar-refractivity contribution in [2.45, 2.75) is 45.4 Å².